The quantitative estimate of drug-likeness (QED) is 0.689. The Morgan fingerprint density at radius 1 is 1.26 bits per heavy atom. The molecule has 0 saturated carbocycles. The van der Waals surface area contributed by atoms with Crippen LogP contribution in [0.4, 0.5) is 11.6 Å². The van der Waals surface area contributed by atoms with E-state index in [1.54, 1.807) is 38.2 Å². The van der Waals surface area contributed by atoms with Crippen molar-refractivity contribution in [3.63, 3.8) is 0 Å². The average molecular weight is 279 g/mol. The molecule has 0 atom stereocenters. The molecule has 2 aromatic rings. The fourth-order valence-electron chi connectivity index (χ4n) is 1.71. The highest BCUT2D eigenvalue weighted by molar-refractivity contribution is 6.30. The molecule has 1 aromatic carbocycles. The number of aryl methyl sites for hydroxylation is 1. The van der Waals surface area contributed by atoms with Crippen molar-refractivity contribution in [1.82, 2.24) is 9.97 Å². The van der Waals surface area contributed by atoms with Crippen molar-refractivity contribution in [3.05, 3.63) is 45.1 Å². The first-order valence-electron chi connectivity index (χ1n) is 5.49. The molecule has 19 heavy (non-hydrogen) atoms. The number of nitrogens with zero attached hydrogens (tertiary/aromatic N) is 3. The van der Waals surface area contributed by atoms with Gasteiger partial charge in [0.15, 0.2) is 5.69 Å². The Morgan fingerprint density at radius 3 is 2.42 bits per heavy atom. The van der Waals surface area contributed by atoms with Crippen LogP contribution in [-0.2, 0) is 0 Å². The summed E-state index contributed by atoms with van der Waals surface area (Å²) in [5.74, 6) is 0.341. The minimum Gasteiger partial charge on any atom is -0.357 e. The van der Waals surface area contributed by atoms with Crippen LogP contribution in [0.3, 0.4) is 0 Å². The number of hydrogen-bond acceptors (Lipinski definition) is 5. The monoisotopic (exact) mass is 278 g/mol. The molecular weight excluding hydrogens is 268 g/mol. The highest BCUT2D eigenvalue weighted by atomic mass is 35.5. The van der Waals surface area contributed by atoms with E-state index < -0.39 is 4.92 Å². The number of nitrogens with one attached hydrogen (secondary N) is 1. The maximum atomic E-state index is 11.2. The molecule has 0 aliphatic rings. The van der Waals surface area contributed by atoms with E-state index in [-0.39, 0.29) is 11.4 Å². The molecular formula is C12H11ClN4O2. The van der Waals surface area contributed by atoms with Gasteiger partial charge in [0, 0.05) is 17.6 Å². The smallest absolute Gasteiger partial charge is 0.316 e. The maximum absolute atomic E-state index is 11.2. The van der Waals surface area contributed by atoms with Gasteiger partial charge < -0.3 is 5.32 Å². The lowest BCUT2D eigenvalue weighted by Gasteiger charge is -2.07. The zero-order valence-corrected chi connectivity index (χ0v) is 11.1. The second kappa shape index (κ2) is 5.19. The van der Waals surface area contributed by atoms with Gasteiger partial charge in [-0.2, -0.15) is 0 Å². The van der Waals surface area contributed by atoms with Crippen LogP contribution < -0.4 is 5.32 Å². The first-order chi connectivity index (χ1) is 9.02. The average Bonchev–Trinajstić information content (AvgIpc) is 2.38. The van der Waals surface area contributed by atoms with Gasteiger partial charge in [0.25, 0.3) is 0 Å². The summed E-state index contributed by atoms with van der Waals surface area (Å²) in [5, 5.41) is 14.5. The summed E-state index contributed by atoms with van der Waals surface area (Å²) in [6, 6.07) is 6.71. The summed E-state index contributed by atoms with van der Waals surface area (Å²) in [5.41, 5.74) is 1.12. The SMILES string of the molecule is CNc1nc(C)c([N+](=O)[O-])c(-c2ccc(Cl)cc2)n1. The van der Waals surface area contributed by atoms with Gasteiger partial charge in [-0.05, 0) is 19.1 Å². The van der Waals surface area contributed by atoms with Crippen LogP contribution in [0.25, 0.3) is 11.3 Å². The molecule has 1 aromatic heterocycles. The molecule has 0 amide bonds. The molecule has 6 nitrogen and oxygen atoms in total. The van der Waals surface area contributed by atoms with E-state index in [2.05, 4.69) is 15.3 Å². The first-order valence-corrected chi connectivity index (χ1v) is 5.87. The van der Waals surface area contributed by atoms with Gasteiger partial charge >= 0.3 is 5.69 Å². The van der Waals surface area contributed by atoms with Crippen LogP contribution in [0.2, 0.25) is 5.02 Å². The molecule has 0 aliphatic carbocycles. The van der Waals surface area contributed by atoms with Crippen LogP contribution in [0.15, 0.2) is 24.3 Å². The van der Waals surface area contributed by atoms with Crippen molar-refractivity contribution in [2.24, 2.45) is 0 Å². The van der Waals surface area contributed by atoms with Gasteiger partial charge in [-0.3, -0.25) is 10.1 Å². The summed E-state index contributed by atoms with van der Waals surface area (Å²) in [6.45, 7) is 1.58. The van der Waals surface area contributed by atoms with E-state index in [1.165, 1.54) is 0 Å². The molecule has 0 spiro atoms. The van der Waals surface area contributed by atoms with E-state index in [9.17, 15) is 10.1 Å². The molecule has 1 N–H and O–H groups in total. The third-order valence-corrected chi connectivity index (χ3v) is 2.83. The summed E-state index contributed by atoms with van der Waals surface area (Å²) < 4.78 is 0. The van der Waals surface area contributed by atoms with Crippen LogP contribution in [0, 0.1) is 17.0 Å². The summed E-state index contributed by atoms with van der Waals surface area (Å²) in [6.07, 6.45) is 0. The fraction of sp³-hybridized carbons (Fsp3) is 0.167. The molecule has 7 heteroatoms. The van der Waals surface area contributed by atoms with Gasteiger partial charge in [0.05, 0.1) is 4.92 Å². The lowest BCUT2D eigenvalue weighted by Crippen LogP contribution is -2.05. The first kappa shape index (κ1) is 13.2. The number of halogens is 1. The van der Waals surface area contributed by atoms with E-state index in [0.717, 1.165) is 0 Å². The fourth-order valence-corrected chi connectivity index (χ4v) is 1.83. The van der Waals surface area contributed by atoms with Gasteiger partial charge in [-0.15, -0.1) is 0 Å². The van der Waals surface area contributed by atoms with Crippen molar-refractivity contribution < 1.29 is 4.92 Å². The standard InChI is InChI=1S/C12H11ClN4O2/c1-7-11(17(18)19)10(16-12(14-2)15-7)8-3-5-9(13)6-4-8/h3-6H,1-2H3,(H,14,15,16). The Bertz CT molecular complexity index is 628. The van der Waals surface area contributed by atoms with Crippen molar-refractivity contribution in [2.45, 2.75) is 6.92 Å². The van der Waals surface area contributed by atoms with Crippen molar-refractivity contribution in [2.75, 3.05) is 12.4 Å². The Kier molecular flexibility index (Phi) is 3.62. The Labute approximate surface area is 114 Å². The van der Waals surface area contributed by atoms with E-state index in [0.29, 0.717) is 22.2 Å². The summed E-state index contributed by atoms with van der Waals surface area (Å²) in [4.78, 5) is 18.9. The lowest BCUT2D eigenvalue weighted by atomic mass is 10.1. The number of anilines is 1. The minimum atomic E-state index is -0.473. The van der Waals surface area contributed by atoms with Crippen LogP contribution in [0.1, 0.15) is 5.69 Å². The van der Waals surface area contributed by atoms with Crippen LogP contribution in [-0.4, -0.2) is 21.9 Å². The molecule has 0 saturated heterocycles. The zero-order chi connectivity index (χ0) is 14.0. The molecule has 98 valence electrons. The molecule has 0 bridgehead atoms. The Balaban J connectivity index is 2.68. The molecule has 1 heterocycles. The highest BCUT2D eigenvalue weighted by Gasteiger charge is 2.22. The van der Waals surface area contributed by atoms with Gasteiger partial charge in [0.1, 0.15) is 5.69 Å². The number of aromatic nitrogens is 2. The van der Waals surface area contributed by atoms with Crippen LogP contribution >= 0.6 is 11.6 Å². The van der Waals surface area contributed by atoms with E-state index >= 15 is 0 Å². The largest absolute Gasteiger partial charge is 0.357 e. The number of benzene rings is 1. The predicted octanol–water partition coefficient (Wildman–Crippen LogP) is 3.06. The Hall–Kier alpha value is -2.21. The zero-order valence-electron chi connectivity index (χ0n) is 10.3. The van der Waals surface area contributed by atoms with Gasteiger partial charge in [-0.25, -0.2) is 9.97 Å². The molecule has 0 radical (unpaired) electrons. The van der Waals surface area contributed by atoms with Gasteiger partial charge in [-0.1, -0.05) is 23.7 Å². The third kappa shape index (κ3) is 2.63. The second-order valence-electron chi connectivity index (χ2n) is 3.84. The third-order valence-electron chi connectivity index (χ3n) is 2.58. The maximum Gasteiger partial charge on any atom is 0.316 e. The number of rotatable bonds is 3. The molecule has 0 aliphatic heterocycles. The topological polar surface area (TPSA) is 81.0 Å². The van der Waals surface area contributed by atoms with E-state index in [1.807, 2.05) is 0 Å². The van der Waals surface area contributed by atoms with Crippen molar-refractivity contribution >= 4 is 23.2 Å². The van der Waals surface area contributed by atoms with Crippen molar-refractivity contribution in [1.29, 1.82) is 0 Å². The minimum absolute atomic E-state index is 0.0960. The molecule has 0 unspecified atom stereocenters. The van der Waals surface area contributed by atoms with Gasteiger partial charge in [0.2, 0.25) is 5.95 Å². The predicted molar refractivity (Wildman–Crippen MR) is 73.4 cm³/mol. The second-order valence-corrected chi connectivity index (χ2v) is 4.28. The summed E-state index contributed by atoms with van der Waals surface area (Å²) in [7, 11) is 1.66. The highest BCUT2D eigenvalue weighted by Crippen LogP contribution is 2.31. The Morgan fingerprint density at radius 2 is 1.89 bits per heavy atom. The summed E-state index contributed by atoms with van der Waals surface area (Å²) >= 11 is 5.81. The number of hydrogen-bond donors (Lipinski definition) is 1. The number of nitro groups is 1. The normalized spacial score (nSPS) is 10.3. The van der Waals surface area contributed by atoms with E-state index in [4.69, 9.17) is 11.6 Å². The molecule has 0 fully saturated rings. The molecule has 2 rings (SSSR count). The lowest BCUT2D eigenvalue weighted by molar-refractivity contribution is -0.385. The van der Waals surface area contributed by atoms with Crippen molar-refractivity contribution in [3.8, 4) is 11.3 Å². The van der Waals surface area contributed by atoms with Crippen LogP contribution in [0.5, 0.6) is 0 Å².